The van der Waals surface area contributed by atoms with E-state index in [1.807, 2.05) is 6.92 Å². The van der Waals surface area contributed by atoms with Gasteiger partial charge in [0.25, 0.3) is 0 Å². The molecule has 1 N–H and O–H groups in total. The Morgan fingerprint density at radius 3 is 2.54 bits per heavy atom. The first-order chi connectivity index (χ1) is 11.4. The van der Waals surface area contributed by atoms with Gasteiger partial charge in [0.1, 0.15) is 0 Å². The largest absolute Gasteiger partial charge is 0.465 e. The fourth-order valence-corrected chi connectivity index (χ4v) is 5.11. The van der Waals surface area contributed by atoms with Crippen molar-refractivity contribution >= 4 is 16.0 Å². The van der Waals surface area contributed by atoms with Gasteiger partial charge in [0, 0.05) is 12.6 Å². The summed E-state index contributed by atoms with van der Waals surface area (Å²) in [6, 6.07) is 4.63. The highest BCUT2D eigenvalue weighted by Gasteiger charge is 2.32. The maximum absolute atomic E-state index is 13.2. The Labute approximate surface area is 144 Å². The maximum atomic E-state index is 13.2. The fourth-order valence-electron chi connectivity index (χ4n) is 3.12. The molecule has 0 amide bonds. The van der Waals surface area contributed by atoms with E-state index in [1.54, 1.807) is 17.3 Å². The van der Waals surface area contributed by atoms with Crippen molar-refractivity contribution in [2.75, 3.05) is 26.7 Å². The van der Waals surface area contributed by atoms with Crippen molar-refractivity contribution in [2.45, 2.75) is 44.0 Å². The molecule has 0 aliphatic carbocycles. The smallest absolute Gasteiger partial charge is 0.337 e. The van der Waals surface area contributed by atoms with Crippen LogP contribution in [0.5, 0.6) is 0 Å². The van der Waals surface area contributed by atoms with E-state index in [1.165, 1.54) is 19.2 Å². The summed E-state index contributed by atoms with van der Waals surface area (Å²) in [5.74, 6) is -0.467. The number of carbonyl (C=O) groups is 1. The van der Waals surface area contributed by atoms with Crippen molar-refractivity contribution in [3.8, 4) is 0 Å². The number of hydrogen-bond donors (Lipinski definition) is 1. The van der Waals surface area contributed by atoms with E-state index in [4.69, 9.17) is 4.74 Å². The molecule has 2 rings (SSSR count). The number of nitrogens with zero attached hydrogens (tertiary/aromatic N) is 1. The van der Waals surface area contributed by atoms with Crippen molar-refractivity contribution in [1.29, 1.82) is 0 Å². The molecule has 6 nitrogen and oxygen atoms in total. The third-order valence-corrected chi connectivity index (χ3v) is 6.45. The highest BCUT2D eigenvalue weighted by molar-refractivity contribution is 7.89. The van der Waals surface area contributed by atoms with Crippen molar-refractivity contribution in [1.82, 2.24) is 9.62 Å². The molecule has 1 aliphatic heterocycles. The fraction of sp³-hybridized carbons (Fsp3) is 0.588. The summed E-state index contributed by atoms with van der Waals surface area (Å²) in [5, 5.41) is 3.27. The molecule has 134 valence electrons. The van der Waals surface area contributed by atoms with Crippen LogP contribution in [0.25, 0.3) is 0 Å². The summed E-state index contributed by atoms with van der Waals surface area (Å²) < 4.78 is 32.7. The first kappa shape index (κ1) is 18.9. The Hall–Kier alpha value is -1.44. The molecule has 0 aromatic heterocycles. The van der Waals surface area contributed by atoms with Gasteiger partial charge in [0.2, 0.25) is 10.0 Å². The Morgan fingerprint density at radius 2 is 2.00 bits per heavy atom. The first-order valence-corrected chi connectivity index (χ1v) is 9.77. The zero-order valence-corrected chi connectivity index (χ0v) is 15.4. The summed E-state index contributed by atoms with van der Waals surface area (Å²) in [5.41, 5.74) is 0.922. The van der Waals surface area contributed by atoms with Crippen LogP contribution in [0.3, 0.4) is 0 Å². The molecular formula is C17H26N2O4S. The van der Waals surface area contributed by atoms with E-state index in [0.29, 0.717) is 17.7 Å². The van der Waals surface area contributed by atoms with E-state index in [9.17, 15) is 13.2 Å². The molecule has 24 heavy (non-hydrogen) atoms. The van der Waals surface area contributed by atoms with Crippen LogP contribution in [0.15, 0.2) is 23.1 Å². The molecule has 1 aliphatic rings. The van der Waals surface area contributed by atoms with Crippen molar-refractivity contribution in [3.05, 3.63) is 29.3 Å². The predicted octanol–water partition coefficient (Wildman–Crippen LogP) is 1.93. The lowest BCUT2D eigenvalue weighted by Gasteiger charge is -2.34. The van der Waals surface area contributed by atoms with Gasteiger partial charge in [-0.25, -0.2) is 13.2 Å². The number of rotatable bonds is 6. The van der Waals surface area contributed by atoms with Gasteiger partial charge in [-0.05, 0) is 63.0 Å². The summed E-state index contributed by atoms with van der Waals surface area (Å²) >= 11 is 0. The SMILES string of the molecule is CCCN(C1CCNCC1)S(=O)(=O)c1ccc(C(=O)OC)cc1C. The summed E-state index contributed by atoms with van der Waals surface area (Å²) in [4.78, 5) is 11.9. The molecule has 1 heterocycles. The van der Waals surface area contributed by atoms with Crippen LogP contribution >= 0.6 is 0 Å². The molecule has 1 saturated heterocycles. The Kier molecular flexibility index (Phi) is 6.37. The quantitative estimate of drug-likeness (QED) is 0.790. The highest BCUT2D eigenvalue weighted by Crippen LogP contribution is 2.26. The van der Waals surface area contributed by atoms with Crippen molar-refractivity contribution in [2.24, 2.45) is 0 Å². The molecule has 0 saturated carbocycles. The van der Waals surface area contributed by atoms with Gasteiger partial charge >= 0.3 is 5.97 Å². The van der Waals surface area contributed by atoms with Crippen molar-refractivity contribution in [3.63, 3.8) is 0 Å². The first-order valence-electron chi connectivity index (χ1n) is 8.33. The predicted molar refractivity (Wildman–Crippen MR) is 92.6 cm³/mol. The van der Waals surface area contributed by atoms with Crippen LogP contribution in [0.2, 0.25) is 0 Å². The van der Waals surface area contributed by atoms with Crippen LogP contribution in [0.1, 0.15) is 42.1 Å². The van der Waals surface area contributed by atoms with E-state index in [0.717, 1.165) is 32.4 Å². The third kappa shape index (κ3) is 3.96. The number of piperidine rings is 1. The second kappa shape index (κ2) is 8.09. The lowest BCUT2D eigenvalue weighted by atomic mass is 10.1. The van der Waals surface area contributed by atoms with Gasteiger partial charge in [-0.3, -0.25) is 0 Å². The van der Waals surface area contributed by atoms with Crippen LogP contribution in [0, 0.1) is 6.92 Å². The number of methoxy groups -OCH3 is 1. The van der Waals surface area contributed by atoms with E-state index in [2.05, 4.69) is 5.32 Å². The number of carbonyl (C=O) groups excluding carboxylic acids is 1. The standard InChI is InChI=1S/C17H26N2O4S/c1-4-11-19(15-7-9-18-10-8-15)24(21,22)16-6-5-14(12-13(16)2)17(20)23-3/h5-6,12,15,18H,4,7-11H2,1-3H3. The molecule has 0 unspecified atom stereocenters. The Balaban J connectivity index is 2.37. The summed E-state index contributed by atoms with van der Waals surface area (Å²) in [6.45, 7) is 5.87. The molecule has 0 spiro atoms. The lowest BCUT2D eigenvalue weighted by molar-refractivity contribution is 0.0600. The molecule has 7 heteroatoms. The number of aryl methyl sites for hydroxylation is 1. The second-order valence-electron chi connectivity index (χ2n) is 6.07. The van der Waals surface area contributed by atoms with Gasteiger partial charge in [0.15, 0.2) is 0 Å². The van der Waals surface area contributed by atoms with E-state index >= 15 is 0 Å². The van der Waals surface area contributed by atoms with Crippen LogP contribution in [0.4, 0.5) is 0 Å². The molecular weight excluding hydrogens is 328 g/mol. The highest BCUT2D eigenvalue weighted by atomic mass is 32.2. The van der Waals surface area contributed by atoms with Crippen molar-refractivity contribution < 1.29 is 17.9 Å². The number of nitrogens with one attached hydrogen (secondary N) is 1. The van der Waals surface area contributed by atoms with Gasteiger partial charge in [-0.1, -0.05) is 6.92 Å². The number of ether oxygens (including phenoxy) is 1. The van der Waals surface area contributed by atoms with Crippen LogP contribution in [-0.2, 0) is 14.8 Å². The molecule has 1 fully saturated rings. The van der Waals surface area contributed by atoms with Gasteiger partial charge in [-0.15, -0.1) is 0 Å². The van der Waals surface area contributed by atoms with Gasteiger partial charge < -0.3 is 10.1 Å². The normalized spacial score (nSPS) is 16.3. The number of esters is 1. The molecule has 0 atom stereocenters. The average molecular weight is 354 g/mol. The zero-order chi connectivity index (χ0) is 17.7. The van der Waals surface area contributed by atoms with Crippen LogP contribution < -0.4 is 5.32 Å². The minimum Gasteiger partial charge on any atom is -0.465 e. The molecule has 0 bridgehead atoms. The topological polar surface area (TPSA) is 75.7 Å². The number of benzene rings is 1. The molecule has 0 radical (unpaired) electrons. The maximum Gasteiger partial charge on any atom is 0.337 e. The van der Waals surface area contributed by atoms with E-state index in [-0.39, 0.29) is 10.9 Å². The average Bonchev–Trinajstić information content (AvgIpc) is 2.59. The van der Waals surface area contributed by atoms with Gasteiger partial charge in [0.05, 0.1) is 17.6 Å². The number of hydrogen-bond acceptors (Lipinski definition) is 5. The molecule has 1 aromatic carbocycles. The second-order valence-corrected chi connectivity index (χ2v) is 7.93. The monoisotopic (exact) mass is 354 g/mol. The lowest BCUT2D eigenvalue weighted by Crippen LogP contribution is -2.46. The van der Waals surface area contributed by atoms with Gasteiger partial charge in [-0.2, -0.15) is 4.31 Å². The third-order valence-electron chi connectivity index (χ3n) is 4.34. The van der Waals surface area contributed by atoms with Crippen LogP contribution in [-0.4, -0.2) is 51.5 Å². The minimum absolute atomic E-state index is 0.0240. The Morgan fingerprint density at radius 1 is 1.33 bits per heavy atom. The summed E-state index contributed by atoms with van der Waals surface area (Å²) in [7, 11) is -2.28. The Bertz CT molecular complexity index is 682. The number of sulfonamides is 1. The zero-order valence-electron chi connectivity index (χ0n) is 14.5. The minimum atomic E-state index is -3.59. The summed E-state index contributed by atoms with van der Waals surface area (Å²) in [6.07, 6.45) is 2.40. The molecule has 1 aromatic rings. The van der Waals surface area contributed by atoms with E-state index < -0.39 is 16.0 Å².